The second-order valence-electron chi connectivity index (χ2n) is 4.81. The lowest BCUT2D eigenvalue weighted by Gasteiger charge is -2.08. The highest BCUT2D eigenvalue weighted by atomic mass is 16.5. The molecule has 1 aromatic rings. The van der Waals surface area contributed by atoms with Gasteiger partial charge >= 0.3 is 11.9 Å². The highest BCUT2D eigenvalue weighted by Gasteiger charge is 2.04. The zero-order chi connectivity index (χ0) is 17.0. The lowest BCUT2D eigenvalue weighted by atomic mass is 10.1. The number of hydrogen-bond acceptors (Lipinski definition) is 4. The number of benzene rings is 1. The van der Waals surface area contributed by atoms with E-state index in [4.69, 9.17) is 24.5 Å². The van der Waals surface area contributed by atoms with Crippen LogP contribution < -0.4 is 10.1 Å². The number of carboxylic acid groups (broad SMARTS) is 2. The van der Waals surface area contributed by atoms with Gasteiger partial charge in [0, 0.05) is 6.54 Å². The standard InChI is InChI=1S/C14H23NO.C2H2O4/c1-4-5-8-15-9-10-16-14-7-6-12(2)13(3)11-14;3-1(4)2(5)6/h6-7,11,15H,4-5,8-10H2,1-3H3;(H,3,4)(H,5,6). The Balaban J connectivity index is 0.000000626. The first kappa shape index (κ1) is 19.9. The van der Waals surface area contributed by atoms with Gasteiger partial charge in [-0.3, -0.25) is 0 Å². The Morgan fingerprint density at radius 1 is 1.09 bits per heavy atom. The van der Waals surface area contributed by atoms with Crippen LogP contribution >= 0.6 is 0 Å². The van der Waals surface area contributed by atoms with Gasteiger partial charge in [0.05, 0.1) is 0 Å². The Hall–Kier alpha value is -2.08. The SMILES string of the molecule is CCCCNCCOc1ccc(C)c(C)c1.O=C(O)C(=O)O. The molecule has 0 aliphatic rings. The van der Waals surface area contributed by atoms with Crippen LogP contribution in [0.5, 0.6) is 5.75 Å². The maximum atomic E-state index is 9.10. The van der Waals surface area contributed by atoms with Crippen molar-refractivity contribution < 1.29 is 24.5 Å². The molecule has 6 heteroatoms. The first-order valence-corrected chi connectivity index (χ1v) is 7.25. The molecule has 0 bridgehead atoms. The van der Waals surface area contributed by atoms with Gasteiger partial charge in [0.1, 0.15) is 12.4 Å². The van der Waals surface area contributed by atoms with E-state index in [0.717, 1.165) is 25.4 Å². The number of aliphatic carboxylic acids is 2. The highest BCUT2D eigenvalue weighted by molar-refractivity contribution is 6.27. The molecule has 0 aliphatic heterocycles. The molecule has 124 valence electrons. The van der Waals surface area contributed by atoms with Crippen LogP contribution in [0.2, 0.25) is 0 Å². The Bertz CT molecular complexity index is 462. The number of aryl methyl sites for hydroxylation is 2. The van der Waals surface area contributed by atoms with Crippen LogP contribution in [0.4, 0.5) is 0 Å². The minimum absolute atomic E-state index is 0.742. The van der Waals surface area contributed by atoms with Crippen LogP contribution in [0, 0.1) is 13.8 Å². The summed E-state index contributed by atoms with van der Waals surface area (Å²) in [4.78, 5) is 18.2. The molecule has 0 aromatic heterocycles. The molecule has 0 unspecified atom stereocenters. The third-order valence-electron chi connectivity index (χ3n) is 2.92. The number of hydrogen-bond donors (Lipinski definition) is 3. The van der Waals surface area contributed by atoms with Crippen LogP contribution in [0.15, 0.2) is 18.2 Å². The van der Waals surface area contributed by atoms with Gasteiger partial charge in [-0.05, 0) is 50.1 Å². The van der Waals surface area contributed by atoms with E-state index in [0.29, 0.717) is 0 Å². The second-order valence-corrected chi connectivity index (χ2v) is 4.81. The van der Waals surface area contributed by atoms with E-state index < -0.39 is 11.9 Å². The molecule has 0 aliphatic carbocycles. The lowest BCUT2D eigenvalue weighted by molar-refractivity contribution is -0.159. The number of nitrogens with one attached hydrogen (secondary N) is 1. The van der Waals surface area contributed by atoms with Crippen LogP contribution in [0.1, 0.15) is 30.9 Å². The number of carboxylic acids is 2. The minimum atomic E-state index is -1.82. The summed E-state index contributed by atoms with van der Waals surface area (Å²) in [6.07, 6.45) is 2.48. The van der Waals surface area contributed by atoms with Gasteiger partial charge in [0.2, 0.25) is 0 Å². The Labute approximate surface area is 131 Å². The molecule has 0 heterocycles. The van der Waals surface area contributed by atoms with Crippen LogP contribution in [-0.4, -0.2) is 41.8 Å². The molecule has 0 spiro atoms. The van der Waals surface area contributed by atoms with Gasteiger partial charge in [-0.2, -0.15) is 0 Å². The van der Waals surface area contributed by atoms with Crippen molar-refractivity contribution in [1.29, 1.82) is 0 Å². The van der Waals surface area contributed by atoms with Gasteiger partial charge < -0.3 is 20.3 Å². The van der Waals surface area contributed by atoms with Crippen molar-refractivity contribution in [3.8, 4) is 5.75 Å². The van der Waals surface area contributed by atoms with Crippen molar-refractivity contribution in [3.63, 3.8) is 0 Å². The zero-order valence-corrected chi connectivity index (χ0v) is 13.4. The monoisotopic (exact) mass is 311 g/mol. The molecule has 0 atom stereocenters. The summed E-state index contributed by atoms with van der Waals surface area (Å²) < 4.78 is 5.66. The molecule has 0 saturated carbocycles. The molecule has 1 aromatic carbocycles. The summed E-state index contributed by atoms with van der Waals surface area (Å²) in [7, 11) is 0. The quantitative estimate of drug-likeness (QED) is 0.528. The minimum Gasteiger partial charge on any atom is -0.492 e. The molecular formula is C16H25NO5. The molecule has 3 N–H and O–H groups in total. The molecular weight excluding hydrogens is 286 g/mol. The van der Waals surface area contributed by atoms with E-state index in [1.807, 2.05) is 6.07 Å². The second kappa shape index (κ2) is 11.6. The fourth-order valence-corrected chi connectivity index (χ4v) is 1.47. The molecule has 0 radical (unpaired) electrons. The smallest absolute Gasteiger partial charge is 0.414 e. The third kappa shape index (κ3) is 9.77. The summed E-state index contributed by atoms with van der Waals surface area (Å²) >= 11 is 0. The predicted molar refractivity (Wildman–Crippen MR) is 84.5 cm³/mol. The fraction of sp³-hybridized carbons (Fsp3) is 0.500. The first-order valence-electron chi connectivity index (χ1n) is 7.25. The third-order valence-corrected chi connectivity index (χ3v) is 2.92. The van der Waals surface area contributed by atoms with E-state index in [-0.39, 0.29) is 0 Å². The zero-order valence-electron chi connectivity index (χ0n) is 13.4. The van der Waals surface area contributed by atoms with E-state index in [2.05, 4.69) is 38.2 Å². The van der Waals surface area contributed by atoms with Gasteiger partial charge in [0.25, 0.3) is 0 Å². The Morgan fingerprint density at radius 3 is 2.23 bits per heavy atom. The van der Waals surface area contributed by atoms with E-state index in [9.17, 15) is 0 Å². The summed E-state index contributed by atoms with van der Waals surface area (Å²) in [5, 5.41) is 18.1. The summed E-state index contributed by atoms with van der Waals surface area (Å²) in [5.74, 6) is -2.68. The fourth-order valence-electron chi connectivity index (χ4n) is 1.47. The van der Waals surface area contributed by atoms with Crippen molar-refractivity contribution in [1.82, 2.24) is 5.32 Å². The molecule has 6 nitrogen and oxygen atoms in total. The maximum Gasteiger partial charge on any atom is 0.414 e. The number of unbranched alkanes of at least 4 members (excludes halogenated alkanes) is 1. The molecule has 0 saturated heterocycles. The maximum absolute atomic E-state index is 9.10. The van der Waals surface area contributed by atoms with Crippen molar-refractivity contribution in [2.45, 2.75) is 33.6 Å². The largest absolute Gasteiger partial charge is 0.492 e. The van der Waals surface area contributed by atoms with Crippen molar-refractivity contribution in [2.75, 3.05) is 19.7 Å². The van der Waals surface area contributed by atoms with Gasteiger partial charge in [-0.15, -0.1) is 0 Å². The van der Waals surface area contributed by atoms with Crippen LogP contribution in [-0.2, 0) is 9.59 Å². The van der Waals surface area contributed by atoms with Crippen LogP contribution in [0.3, 0.4) is 0 Å². The molecule has 22 heavy (non-hydrogen) atoms. The average molecular weight is 311 g/mol. The summed E-state index contributed by atoms with van der Waals surface area (Å²) in [5.41, 5.74) is 2.60. The Kier molecular flexibility index (Phi) is 10.5. The highest BCUT2D eigenvalue weighted by Crippen LogP contribution is 2.15. The van der Waals surface area contributed by atoms with Crippen LogP contribution in [0.25, 0.3) is 0 Å². The number of rotatable bonds is 7. The molecule has 0 amide bonds. The number of ether oxygens (including phenoxy) is 1. The molecule has 0 fully saturated rings. The van der Waals surface area contributed by atoms with E-state index in [1.165, 1.54) is 24.0 Å². The first-order chi connectivity index (χ1) is 10.4. The number of carbonyl (C=O) groups is 2. The van der Waals surface area contributed by atoms with E-state index in [1.54, 1.807) is 0 Å². The van der Waals surface area contributed by atoms with E-state index >= 15 is 0 Å². The summed E-state index contributed by atoms with van der Waals surface area (Å²) in [6, 6.07) is 6.24. The van der Waals surface area contributed by atoms with Gasteiger partial charge in [-0.1, -0.05) is 19.4 Å². The summed E-state index contributed by atoms with van der Waals surface area (Å²) in [6.45, 7) is 9.19. The van der Waals surface area contributed by atoms with Crippen molar-refractivity contribution in [2.24, 2.45) is 0 Å². The lowest BCUT2D eigenvalue weighted by Crippen LogP contribution is -2.21. The van der Waals surface area contributed by atoms with Gasteiger partial charge in [-0.25, -0.2) is 9.59 Å². The van der Waals surface area contributed by atoms with Crippen molar-refractivity contribution >= 4 is 11.9 Å². The van der Waals surface area contributed by atoms with Gasteiger partial charge in [0.15, 0.2) is 0 Å². The predicted octanol–water partition coefficient (Wildman–Crippen LogP) is 2.23. The normalized spacial score (nSPS) is 9.59. The molecule has 1 rings (SSSR count). The topological polar surface area (TPSA) is 95.9 Å². The van der Waals surface area contributed by atoms with Crippen molar-refractivity contribution in [3.05, 3.63) is 29.3 Å². The average Bonchev–Trinajstić information content (AvgIpc) is 2.47. The Morgan fingerprint density at radius 2 is 1.73 bits per heavy atom.